The lowest BCUT2D eigenvalue weighted by Crippen LogP contribution is -2.58. The van der Waals surface area contributed by atoms with Crippen LogP contribution in [0.1, 0.15) is 89.1 Å². The van der Waals surface area contributed by atoms with Crippen molar-refractivity contribution >= 4 is 50.7 Å². The maximum atomic E-state index is 14.3. The van der Waals surface area contributed by atoms with Crippen LogP contribution < -0.4 is 25.4 Å². The Balaban J connectivity index is 1.28. The number of nitrogens with one attached hydrogen (secondary N) is 4. The van der Waals surface area contributed by atoms with Gasteiger partial charge in [0.15, 0.2) is 17.1 Å². The second-order valence-corrected chi connectivity index (χ2v) is 17.1. The lowest BCUT2D eigenvalue weighted by atomic mass is 10.0. The van der Waals surface area contributed by atoms with Gasteiger partial charge < -0.3 is 34.7 Å². The van der Waals surface area contributed by atoms with E-state index in [1.165, 1.54) is 12.0 Å². The highest BCUT2D eigenvalue weighted by atomic mass is 32.2. The van der Waals surface area contributed by atoms with Crippen LogP contribution >= 0.6 is 0 Å². The van der Waals surface area contributed by atoms with Crippen molar-refractivity contribution in [2.45, 2.75) is 113 Å². The number of nitrogens with zero attached hydrogens (tertiary/aromatic N) is 1. The third-order valence-electron chi connectivity index (χ3n) is 9.86. The number of hydrogen-bond acceptors (Lipinski definition) is 10. The molecule has 52 heavy (non-hydrogen) atoms. The van der Waals surface area contributed by atoms with Crippen LogP contribution in [-0.4, -0.2) is 91.2 Å². The van der Waals surface area contributed by atoms with E-state index in [9.17, 15) is 32.4 Å². The number of carbonyl (C=O) groups excluding carboxylic acids is 5. The van der Waals surface area contributed by atoms with Gasteiger partial charge in [-0.15, -0.1) is 0 Å². The van der Waals surface area contributed by atoms with E-state index in [0.29, 0.717) is 42.4 Å². The molecule has 2 saturated carbocycles. The molecule has 5 amide bonds. The summed E-state index contributed by atoms with van der Waals surface area (Å²) in [4.78, 5) is 69.9. The highest BCUT2D eigenvalue weighted by Gasteiger charge is 2.62. The van der Waals surface area contributed by atoms with Crippen LogP contribution in [0.25, 0.3) is 11.0 Å². The standard InChI is InChI=1S/C36H47N5O10S/c1-35(2,3)51-34(46)38-25-13-9-7-5-6-8-12-22-19-36(22,33(45)40-52(47,48)24-15-16-24)39-30(42)26-18-23(20-41(26)32(25)44)37-31(43)28-17-21-11-10-14-27(49-4)29(21)50-28/h8,10-12,14,17,22-26H,5-7,9,13,15-16,18-20H2,1-4H3,(H,37,43)(H,38,46)(H,39,42)(H,40,45)/b12-8-/t22-,23-,25+,26+,36-/m1/s1. The molecule has 0 bridgehead atoms. The molecule has 6 rings (SSSR count). The zero-order valence-electron chi connectivity index (χ0n) is 29.9. The SMILES string of the molecule is COc1cccc2cc(C(=O)N[C@@H]3C[C@H]4C(=O)N[C@]5(C(=O)NS(=O)(=O)C6CC6)C[C@H]5/C=C\CCCCC[C@H](NC(=O)OC(C)(C)C)C(=O)N4C3)oc12. The summed E-state index contributed by atoms with van der Waals surface area (Å²) in [5.41, 5.74) is -1.97. The molecule has 0 spiro atoms. The first kappa shape index (κ1) is 37.2. The molecule has 4 aliphatic rings. The predicted molar refractivity (Wildman–Crippen MR) is 189 cm³/mol. The second-order valence-electron chi connectivity index (χ2n) is 15.1. The van der Waals surface area contributed by atoms with Gasteiger partial charge in [0.1, 0.15) is 23.2 Å². The fourth-order valence-corrected chi connectivity index (χ4v) is 8.28. The molecule has 3 fully saturated rings. The first-order valence-electron chi connectivity index (χ1n) is 17.8. The first-order valence-corrected chi connectivity index (χ1v) is 19.4. The number of allylic oxidation sites excluding steroid dienone is 1. The van der Waals surface area contributed by atoms with Gasteiger partial charge in [-0.25, -0.2) is 13.2 Å². The van der Waals surface area contributed by atoms with Gasteiger partial charge in [0, 0.05) is 23.9 Å². The minimum absolute atomic E-state index is 0.00399. The predicted octanol–water partition coefficient (Wildman–Crippen LogP) is 3.04. The molecule has 15 nitrogen and oxygen atoms in total. The molecule has 0 radical (unpaired) electrons. The number of alkyl carbamates (subject to hydrolysis) is 1. The zero-order chi connectivity index (χ0) is 37.4. The van der Waals surface area contributed by atoms with Crippen molar-refractivity contribution in [3.05, 3.63) is 42.2 Å². The Kier molecular flexibility index (Phi) is 10.3. The number of methoxy groups -OCH3 is 1. The van der Waals surface area contributed by atoms with Gasteiger partial charge in [-0.05, 0) is 77.8 Å². The molecular formula is C36H47N5O10S. The number of fused-ring (bicyclic) bond motifs is 3. The van der Waals surface area contributed by atoms with Crippen LogP contribution in [-0.2, 0) is 29.1 Å². The van der Waals surface area contributed by atoms with E-state index in [2.05, 4.69) is 20.7 Å². The molecule has 2 aromatic rings. The Morgan fingerprint density at radius 3 is 2.54 bits per heavy atom. The number of amides is 5. The number of furan rings is 1. The van der Waals surface area contributed by atoms with E-state index in [1.807, 2.05) is 12.2 Å². The number of benzene rings is 1. The molecule has 1 saturated heterocycles. The van der Waals surface area contributed by atoms with E-state index in [0.717, 1.165) is 12.8 Å². The van der Waals surface area contributed by atoms with E-state index >= 15 is 0 Å². The largest absolute Gasteiger partial charge is 0.493 e. The fourth-order valence-electron chi connectivity index (χ4n) is 6.92. The first-order chi connectivity index (χ1) is 24.6. The summed E-state index contributed by atoms with van der Waals surface area (Å²) in [6.45, 7) is 5.03. The Morgan fingerprint density at radius 1 is 1.06 bits per heavy atom. The van der Waals surface area contributed by atoms with Gasteiger partial charge in [-0.3, -0.25) is 23.9 Å². The summed E-state index contributed by atoms with van der Waals surface area (Å²) in [6.07, 6.45) is 7.09. The third-order valence-corrected chi connectivity index (χ3v) is 11.7. The van der Waals surface area contributed by atoms with Crippen molar-refractivity contribution in [1.82, 2.24) is 25.6 Å². The minimum atomic E-state index is -3.91. The highest BCUT2D eigenvalue weighted by molar-refractivity contribution is 7.91. The van der Waals surface area contributed by atoms with Crippen LogP contribution in [0.2, 0.25) is 0 Å². The normalized spacial score (nSPS) is 27.6. The quantitative estimate of drug-likeness (QED) is 0.306. The van der Waals surface area contributed by atoms with Gasteiger partial charge in [-0.1, -0.05) is 37.1 Å². The smallest absolute Gasteiger partial charge is 0.408 e. The van der Waals surface area contributed by atoms with Gasteiger partial charge >= 0.3 is 6.09 Å². The Hall–Kier alpha value is -4.60. The lowest BCUT2D eigenvalue weighted by molar-refractivity contribution is -0.141. The average molecular weight is 742 g/mol. The molecule has 282 valence electrons. The molecular weight excluding hydrogens is 694 g/mol. The van der Waals surface area contributed by atoms with E-state index < -0.39 is 80.2 Å². The van der Waals surface area contributed by atoms with Crippen LogP contribution in [0.15, 0.2) is 40.8 Å². The Bertz CT molecular complexity index is 1880. The van der Waals surface area contributed by atoms with Gasteiger partial charge in [0.25, 0.3) is 11.8 Å². The summed E-state index contributed by atoms with van der Waals surface area (Å²) >= 11 is 0. The van der Waals surface area contributed by atoms with Crippen molar-refractivity contribution in [3.8, 4) is 5.75 Å². The van der Waals surface area contributed by atoms with E-state index in [1.54, 1.807) is 45.0 Å². The van der Waals surface area contributed by atoms with Crippen LogP contribution in [0.5, 0.6) is 5.75 Å². The lowest BCUT2D eigenvalue weighted by Gasteiger charge is -2.30. The van der Waals surface area contributed by atoms with Crippen molar-refractivity contribution in [2.24, 2.45) is 5.92 Å². The number of ether oxygens (including phenoxy) is 2. The summed E-state index contributed by atoms with van der Waals surface area (Å²) < 4.78 is 44.3. The summed E-state index contributed by atoms with van der Waals surface area (Å²) in [5.74, 6) is -2.63. The maximum Gasteiger partial charge on any atom is 0.408 e. The third kappa shape index (κ3) is 8.21. The van der Waals surface area contributed by atoms with Crippen molar-refractivity contribution in [1.29, 1.82) is 0 Å². The number of carbonyl (C=O) groups is 5. The fraction of sp³-hybridized carbons (Fsp3) is 0.583. The van der Waals surface area contributed by atoms with Crippen molar-refractivity contribution in [2.75, 3.05) is 13.7 Å². The summed E-state index contributed by atoms with van der Waals surface area (Å²) in [5, 5.41) is 8.39. The second kappa shape index (κ2) is 14.4. The van der Waals surface area contributed by atoms with Crippen molar-refractivity contribution in [3.63, 3.8) is 0 Å². The number of sulfonamides is 1. The molecule has 3 heterocycles. The van der Waals surface area contributed by atoms with Gasteiger partial charge in [0.05, 0.1) is 12.4 Å². The molecule has 4 N–H and O–H groups in total. The van der Waals surface area contributed by atoms with E-state index in [4.69, 9.17) is 13.9 Å². The summed E-state index contributed by atoms with van der Waals surface area (Å²) in [7, 11) is -2.42. The number of para-hydroxylation sites is 1. The zero-order valence-corrected chi connectivity index (χ0v) is 30.7. The molecule has 0 unspecified atom stereocenters. The molecule has 5 atom stereocenters. The monoisotopic (exact) mass is 741 g/mol. The molecule has 2 aliphatic carbocycles. The minimum Gasteiger partial charge on any atom is -0.493 e. The number of hydrogen-bond donors (Lipinski definition) is 4. The topological polar surface area (TPSA) is 202 Å². The molecule has 1 aromatic heterocycles. The van der Waals surface area contributed by atoms with Gasteiger partial charge in [0.2, 0.25) is 21.8 Å². The molecule has 2 aliphatic heterocycles. The number of rotatable bonds is 7. The van der Waals surface area contributed by atoms with E-state index in [-0.39, 0.29) is 31.6 Å². The highest BCUT2D eigenvalue weighted by Crippen LogP contribution is 2.46. The Morgan fingerprint density at radius 2 is 1.83 bits per heavy atom. The van der Waals surface area contributed by atoms with Crippen LogP contribution in [0, 0.1) is 5.92 Å². The molecule has 1 aromatic carbocycles. The van der Waals surface area contributed by atoms with Crippen LogP contribution in [0.4, 0.5) is 4.79 Å². The summed E-state index contributed by atoms with van der Waals surface area (Å²) in [6, 6.07) is 3.87. The Labute approximate surface area is 302 Å². The molecule has 16 heteroatoms. The van der Waals surface area contributed by atoms with Crippen molar-refractivity contribution < 1.29 is 46.3 Å². The average Bonchev–Trinajstić information content (AvgIpc) is 3.96. The van der Waals surface area contributed by atoms with Crippen LogP contribution in [0.3, 0.4) is 0 Å². The maximum absolute atomic E-state index is 14.3. The van der Waals surface area contributed by atoms with Gasteiger partial charge in [-0.2, -0.15) is 0 Å².